The number of thiophene rings is 1. The van der Waals surface area contributed by atoms with Gasteiger partial charge in [-0.05, 0) is 29.5 Å². The number of carbonyl (C=O) groups excluding carboxylic acids is 2. The van der Waals surface area contributed by atoms with Crippen LogP contribution in [0.2, 0.25) is 0 Å². The Kier molecular flexibility index (Phi) is 4.01. The van der Waals surface area contributed by atoms with E-state index >= 15 is 0 Å². The minimum Gasteiger partial charge on any atom is -0.356 e. The van der Waals surface area contributed by atoms with Crippen molar-refractivity contribution in [1.82, 2.24) is 5.32 Å². The molecule has 1 unspecified atom stereocenters. The maximum Gasteiger partial charge on any atom is 0.232 e. The van der Waals surface area contributed by atoms with E-state index < -0.39 is 0 Å². The van der Waals surface area contributed by atoms with Crippen LogP contribution in [-0.4, -0.2) is 18.4 Å². The number of nitrogens with one attached hydrogen (secondary N) is 2. The van der Waals surface area contributed by atoms with E-state index in [0.717, 1.165) is 17.7 Å². The summed E-state index contributed by atoms with van der Waals surface area (Å²) in [6.07, 6.45) is 1.03. The SMILES string of the molecule is O=C(CC1C(=O)Nc2ccccc21)NCCc1cccs1. The van der Waals surface area contributed by atoms with E-state index in [1.54, 1.807) is 11.3 Å². The van der Waals surface area contributed by atoms with Crippen molar-refractivity contribution in [3.05, 3.63) is 52.2 Å². The molecule has 1 aromatic heterocycles. The molecule has 108 valence electrons. The number of hydrogen-bond acceptors (Lipinski definition) is 3. The zero-order valence-electron chi connectivity index (χ0n) is 11.5. The van der Waals surface area contributed by atoms with Crippen molar-refractivity contribution in [3.8, 4) is 0 Å². The van der Waals surface area contributed by atoms with Crippen molar-refractivity contribution in [2.24, 2.45) is 0 Å². The van der Waals surface area contributed by atoms with Crippen LogP contribution in [0.25, 0.3) is 0 Å². The first-order chi connectivity index (χ1) is 10.2. The molecule has 2 aromatic rings. The molecular formula is C16H16N2O2S. The second kappa shape index (κ2) is 6.10. The first-order valence-corrected chi connectivity index (χ1v) is 7.81. The average Bonchev–Trinajstić information content (AvgIpc) is 3.08. The predicted molar refractivity (Wildman–Crippen MR) is 83.5 cm³/mol. The van der Waals surface area contributed by atoms with E-state index in [1.807, 2.05) is 35.7 Å². The molecule has 0 radical (unpaired) electrons. The Morgan fingerprint density at radius 1 is 1.24 bits per heavy atom. The van der Waals surface area contributed by atoms with Gasteiger partial charge in [0.15, 0.2) is 0 Å². The van der Waals surface area contributed by atoms with Crippen molar-refractivity contribution in [2.45, 2.75) is 18.8 Å². The lowest BCUT2D eigenvalue weighted by Gasteiger charge is -2.09. The molecule has 1 aliphatic rings. The third-order valence-electron chi connectivity index (χ3n) is 3.57. The van der Waals surface area contributed by atoms with Crippen molar-refractivity contribution in [3.63, 3.8) is 0 Å². The Morgan fingerprint density at radius 3 is 2.90 bits per heavy atom. The Labute approximate surface area is 127 Å². The minimum absolute atomic E-state index is 0.0802. The summed E-state index contributed by atoms with van der Waals surface area (Å²) in [6.45, 7) is 0.606. The van der Waals surface area contributed by atoms with Crippen LogP contribution < -0.4 is 10.6 Å². The highest BCUT2D eigenvalue weighted by molar-refractivity contribution is 7.09. The predicted octanol–water partition coefficient (Wildman–Crippen LogP) is 2.53. The van der Waals surface area contributed by atoms with Gasteiger partial charge in [0.1, 0.15) is 0 Å². The van der Waals surface area contributed by atoms with Crippen molar-refractivity contribution < 1.29 is 9.59 Å². The molecular weight excluding hydrogens is 284 g/mol. The lowest BCUT2D eigenvalue weighted by molar-refractivity contribution is -0.125. The van der Waals surface area contributed by atoms with E-state index in [-0.39, 0.29) is 24.2 Å². The quantitative estimate of drug-likeness (QED) is 0.891. The highest BCUT2D eigenvalue weighted by atomic mass is 32.1. The molecule has 0 saturated carbocycles. The van der Waals surface area contributed by atoms with Gasteiger partial charge in [-0.1, -0.05) is 24.3 Å². The molecule has 1 atom stereocenters. The second-order valence-electron chi connectivity index (χ2n) is 5.01. The molecule has 5 heteroatoms. The average molecular weight is 300 g/mol. The first-order valence-electron chi connectivity index (χ1n) is 6.93. The molecule has 2 amide bonds. The fourth-order valence-electron chi connectivity index (χ4n) is 2.52. The topological polar surface area (TPSA) is 58.2 Å². The summed E-state index contributed by atoms with van der Waals surface area (Å²) >= 11 is 1.68. The molecule has 2 N–H and O–H groups in total. The van der Waals surface area contributed by atoms with Gasteiger partial charge in [0.05, 0.1) is 5.92 Å². The van der Waals surface area contributed by atoms with E-state index in [1.165, 1.54) is 4.88 Å². The molecule has 21 heavy (non-hydrogen) atoms. The van der Waals surface area contributed by atoms with Gasteiger partial charge in [0.2, 0.25) is 11.8 Å². The summed E-state index contributed by atoms with van der Waals surface area (Å²) < 4.78 is 0. The van der Waals surface area contributed by atoms with E-state index in [9.17, 15) is 9.59 Å². The lowest BCUT2D eigenvalue weighted by atomic mass is 9.97. The standard InChI is InChI=1S/C16H16N2O2S/c19-15(17-8-7-11-4-3-9-21-11)10-13-12-5-1-2-6-14(12)18-16(13)20/h1-6,9,13H,7-8,10H2,(H,17,19)(H,18,20). The van der Waals surface area contributed by atoms with Crippen LogP contribution in [0.4, 0.5) is 5.69 Å². The number of anilines is 1. The van der Waals surface area contributed by atoms with Crippen LogP contribution >= 0.6 is 11.3 Å². The van der Waals surface area contributed by atoms with Gasteiger partial charge in [-0.2, -0.15) is 0 Å². The molecule has 3 rings (SSSR count). The zero-order valence-corrected chi connectivity index (χ0v) is 12.3. The van der Waals surface area contributed by atoms with Crippen molar-refractivity contribution in [1.29, 1.82) is 0 Å². The smallest absolute Gasteiger partial charge is 0.232 e. The number of hydrogen-bond donors (Lipinski definition) is 2. The van der Waals surface area contributed by atoms with Crippen LogP contribution in [0.3, 0.4) is 0 Å². The van der Waals surface area contributed by atoms with Crippen LogP contribution in [0.15, 0.2) is 41.8 Å². The maximum atomic E-state index is 12.0. The maximum absolute atomic E-state index is 12.0. The van der Waals surface area contributed by atoms with Gasteiger partial charge >= 0.3 is 0 Å². The van der Waals surface area contributed by atoms with Crippen molar-refractivity contribution >= 4 is 28.8 Å². The molecule has 2 heterocycles. The summed E-state index contributed by atoms with van der Waals surface area (Å²) in [5.74, 6) is -0.545. The normalized spacial score (nSPS) is 16.4. The lowest BCUT2D eigenvalue weighted by Crippen LogP contribution is -2.28. The second-order valence-corrected chi connectivity index (χ2v) is 6.04. The summed E-state index contributed by atoms with van der Waals surface area (Å²) in [5.41, 5.74) is 1.73. The highest BCUT2D eigenvalue weighted by Gasteiger charge is 2.31. The van der Waals surface area contributed by atoms with E-state index in [2.05, 4.69) is 16.7 Å². The Hall–Kier alpha value is -2.14. The monoisotopic (exact) mass is 300 g/mol. The molecule has 0 saturated heterocycles. The largest absolute Gasteiger partial charge is 0.356 e. The number of carbonyl (C=O) groups is 2. The van der Waals surface area contributed by atoms with E-state index in [0.29, 0.717) is 6.54 Å². The third kappa shape index (κ3) is 3.13. The van der Waals surface area contributed by atoms with Gasteiger partial charge in [-0.15, -0.1) is 11.3 Å². The van der Waals surface area contributed by atoms with Gasteiger partial charge in [0, 0.05) is 23.5 Å². The van der Waals surface area contributed by atoms with Crippen LogP contribution in [0.5, 0.6) is 0 Å². The van der Waals surface area contributed by atoms with Gasteiger partial charge < -0.3 is 10.6 Å². The summed E-state index contributed by atoms with van der Waals surface area (Å²) in [4.78, 5) is 25.2. The Balaban J connectivity index is 1.54. The molecule has 1 aliphatic heterocycles. The first kappa shape index (κ1) is 13.8. The summed E-state index contributed by atoms with van der Waals surface area (Å²) in [6, 6.07) is 11.6. The molecule has 0 bridgehead atoms. The highest BCUT2D eigenvalue weighted by Crippen LogP contribution is 2.34. The molecule has 0 aliphatic carbocycles. The van der Waals surface area contributed by atoms with Gasteiger partial charge in [0.25, 0.3) is 0 Å². The van der Waals surface area contributed by atoms with E-state index in [4.69, 9.17) is 0 Å². The molecule has 4 nitrogen and oxygen atoms in total. The summed E-state index contributed by atoms with van der Waals surface area (Å²) in [5, 5.41) is 7.73. The fraction of sp³-hybridized carbons (Fsp3) is 0.250. The third-order valence-corrected chi connectivity index (χ3v) is 4.51. The fourth-order valence-corrected chi connectivity index (χ4v) is 3.22. The van der Waals surface area contributed by atoms with Crippen LogP contribution in [0, 0.1) is 0 Å². The Morgan fingerprint density at radius 2 is 2.10 bits per heavy atom. The zero-order chi connectivity index (χ0) is 14.7. The van der Waals surface area contributed by atoms with Crippen molar-refractivity contribution in [2.75, 3.05) is 11.9 Å². The minimum atomic E-state index is -0.372. The number of amides is 2. The number of benzene rings is 1. The number of rotatable bonds is 5. The molecule has 1 aromatic carbocycles. The number of fused-ring (bicyclic) bond motifs is 1. The molecule has 0 fully saturated rings. The van der Waals surface area contributed by atoms with Crippen LogP contribution in [-0.2, 0) is 16.0 Å². The molecule has 0 spiro atoms. The van der Waals surface area contributed by atoms with Gasteiger partial charge in [-0.25, -0.2) is 0 Å². The Bertz CT molecular complexity index is 652. The van der Waals surface area contributed by atoms with Crippen LogP contribution in [0.1, 0.15) is 22.8 Å². The summed E-state index contributed by atoms with van der Waals surface area (Å²) in [7, 11) is 0. The number of para-hydroxylation sites is 1. The van der Waals surface area contributed by atoms with Gasteiger partial charge in [-0.3, -0.25) is 9.59 Å².